The van der Waals surface area contributed by atoms with Crippen LogP contribution in [-0.2, 0) is 10.0 Å². The maximum absolute atomic E-state index is 12.7. The predicted molar refractivity (Wildman–Crippen MR) is 98.5 cm³/mol. The molecule has 0 aliphatic carbocycles. The van der Waals surface area contributed by atoms with E-state index in [0.717, 1.165) is 11.3 Å². The van der Waals surface area contributed by atoms with Crippen LogP contribution in [-0.4, -0.2) is 26.4 Å². The fourth-order valence-corrected chi connectivity index (χ4v) is 4.49. The van der Waals surface area contributed by atoms with Crippen LogP contribution in [0.1, 0.15) is 9.67 Å². The molecule has 2 heterocycles. The van der Waals surface area contributed by atoms with Crippen LogP contribution >= 0.6 is 11.3 Å². The molecule has 0 aliphatic heterocycles. The molecule has 0 aliphatic rings. The van der Waals surface area contributed by atoms with E-state index in [0.29, 0.717) is 16.3 Å². The minimum Gasteiger partial charge on any atom is -0.320 e. The van der Waals surface area contributed by atoms with Crippen molar-refractivity contribution in [3.8, 4) is 0 Å². The second kappa shape index (κ2) is 7.04. The Hall–Kier alpha value is -2.71. The lowest BCUT2D eigenvalue weighted by molar-refractivity contribution is 0.103. The highest BCUT2D eigenvalue weighted by atomic mass is 32.2. The Morgan fingerprint density at radius 1 is 1.16 bits per heavy atom. The van der Waals surface area contributed by atoms with Crippen LogP contribution in [0.5, 0.6) is 0 Å². The van der Waals surface area contributed by atoms with Gasteiger partial charge in [-0.2, -0.15) is 0 Å². The van der Waals surface area contributed by atoms with Gasteiger partial charge < -0.3 is 5.32 Å². The number of rotatable bonds is 5. The zero-order valence-corrected chi connectivity index (χ0v) is 14.9. The highest BCUT2D eigenvalue weighted by Crippen LogP contribution is 2.26. The third-order valence-corrected chi connectivity index (χ3v) is 6.34. The summed E-state index contributed by atoms with van der Waals surface area (Å²) in [5.74, 6) is -0.373. The lowest BCUT2D eigenvalue weighted by atomic mass is 10.3. The van der Waals surface area contributed by atoms with Crippen molar-refractivity contribution in [1.82, 2.24) is 4.98 Å². The molecule has 0 saturated carbocycles. The molecular weight excluding hydrogens is 358 g/mol. The third kappa shape index (κ3) is 3.70. The van der Waals surface area contributed by atoms with Crippen molar-refractivity contribution in [3.05, 3.63) is 71.2 Å². The van der Waals surface area contributed by atoms with Gasteiger partial charge in [-0.3, -0.25) is 14.1 Å². The second-order valence-electron chi connectivity index (χ2n) is 5.15. The highest BCUT2D eigenvalue weighted by molar-refractivity contribution is 7.93. The van der Waals surface area contributed by atoms with E-state index in [4.69, 9.17) is 0 Å². The summed E-state index contributed by atoms with van der Waals surface area (Å²) in [7, 11) is -2.24. The van der Waals surface area contributed by atoms with Crippen LogP contribution in [0.4, 0.5) is 11.4 Å². The molecule has 0 saturated heterocycles. The van der Waals surface area contributed by atoms with Crippen LogP contribution in [0, 0.1) is 0 Å². The summed E-state index contributed by atoms with van der Waals surface area (Å²) in [6.45, 7) is 0. The molecule has 1 aromatic carbocycles. The van der Waals surface area contributed by atoms with Crippen LogP contribution in [0.25, 0.3) is 0 Å². The van der Waals surface area contributed by atoms with E-state index >= 15 is 0 Å². The number of thiophene rings is 1. The van der Waals surface area contributed by atoms with Crippen molar-refractivity contribution in [1.29, 1.82) is 0 Å². The Morgan fingerprint density at radius 2 is 1.92 bits per heavy atom. The smallest absolute Gasteiger partial charge is 0.265 e. The van der Waals surface area contributed by atoms with E-state index in [1.54, 1.807) is 42.6 Å². The van der Waals surface area contributed by atoms with Crippen LogP contribution in [0.3, 0.4) is 0 Å². The summed E-state index contributed by atoms with van der Waals surface area (Å²) < 4.78 is 26.6. The Labute approximate surface area is 149 Å². The number of hydrogen-bond donors (Lipinski definition) is 1. The van der Waals surface area contributed by atoms with E-state index < -0.39 is 10.0 Å². The maximum atomic E-state index is 12.7. The fraction of sp³-hybridized carbons (Fsp3) is 0.0588. The maximum Gasteiger partial charge on any atom is 0.265 e. The van der Waals surface area contributed by atoms with Crippen LogP contribution in [0.2, 0.25) is 0 Å². The van der Waals surface area contributed by atoms with Gasteiger partial charge in [0.2, 0.25) is 0 Å². The molecule has 128 valence electrons. The molecule has 0 unspecified atom stereocenters. The Kier molecular flexibility index (Phi) is 4.82. The summed E-state index contributed by atoms with van der Waals surface area (Å²) in [4.78, 5) is 16.6. The number of pyridine rings is 1. The first-order valence-corrected chi connectivity index (χ1v) is 9.64. The van der Waals surface area contributed by atoms with Gasteiger partial charge in [-0.1, -0.05) is 18.2 Å². The molecule has 2 aromatic heterocycles. The summed E-state index contributed by atoms with van der Waals surface area (Å²) in [5, 5.41) is 4.15. The van der Waals surface area contributed by atoms with Gasteiger partial charge in [0, 0.05) is 18.6 Å². The molecule has 0 fully saturated rings. The average Bonchev–Trinajstić information content (AvgIpc) is 3.14. The first kappa shape index (κ1) is 17.1. The molecule has 0 atom stereocenters. The molecule has 6 nitrogen and oxygen atoms in total. The number of anilines is 2. The zero-order chi connectivity index (χ0) is 17.9. The molecule has 3 aromatic rings. The number of hydrogen-bond acceptors (Lipinski definition) is 5. The monoisotopic (exact) mass is 373 g/mol. The molecule has 1 amide bonds. The van der Waals surface area contributed by atoms with Gasteiger partial charge in [-0.05, 0) is 30.3 Å². The number of nitrogens with one attached hydrogen (secondary N) is 1. The Balaban J connectivity index is 1.82. The van der Waals surface area contributed by atoms with Crippen molar-refractivity contribution in [2.75, 3.05) is 16.7 Å². The van der Waals surface area contributed by atoms with Gasteiger partial charge in [0.25, 0.3) is 15.9 Å². The number of para-hydroxylation sites is 1. The molecule has 25 heavy (non-hydrogen) atoms. The van der Waals surface area contributed by atoms with Crippen LogP contribution in [0.15, 0.2) is 71.2 Å². The summed E-state index contributed by atoms with van der Waals surface area (Å²) >= 11 is 1.08. The quantitative estimate of drug-likeness (QED) is 0.745. The molecule has 3 rings (SSSR count). The number of nitrogens with zero attached hydrogens (tertiary/aromatic N) is 2. The average molecular weight is 373 g/mol. The van der Waals surface area contributed by atoms with Crippen molar-refractivity contribution < 1.29 is 13.2 Å². The minimum atomic E-state index is -3.73. The largest absolute Gasteiger partial charge is 0.320 e. The molecule has 1 N–H and O–H groups in total. The molecular formula is C17H15N3O3S2. The topological polar surface area (TPSA) is 79.4 Å². The van der Waals surface area contributed by atoms with Crippen LogP contribution < -0.4 is 9.62 Å². The van der Waals surface area contributed by atoms with Gasteiger partial charge in [-0.15, -0.1) is 11.3 Å². The summed E-state index contributed by atoms with van der Waals surface area (Å²) in [6, 6.07) is 13.6. The van der Waals surface area contributed by atoms with E-state index in [1.165, 1.54) is 29.0 Å². The number of aromatic nitrogens is 1. The first-order chi connectivity index (χ1) is 12.0. The van der Waals surface area contributed by atoms with E-state index in [1.807, 2.05) is 6.07 Å². The fourth-order valence-electron chi connectivity index (χ4n) is 2.14. The Bertz CT molecular complexity index is 971. The molecule has 0 bridgehead atoms. The summed E-state index contributed by atoms with van der Waals surface area (Å²) in [5.41, 5.74) is 1.10. The summed E-state index contributed by atoms with van der Waals surface area (Å²) in [6.07, 6.45) is 3.12. The molecule has 0 radical (unpaired) electrons. The molecule has 0 spiro atoms. The van der Waals surface area contributed by atoms with Gasteiger partial charge in [-0.25, -0.2) is 8.42 Å². The van der Waals surface area contributed by atoms with E-state index in [-0.39, 0.29) is 10.8 Å². The van der Waals surface area contributed by atoms with Crippen molar-refractivity contribution in [2.45, 2.75) is 4.90 Å². The lowest BCUT2D eigenvalue weighted by Gasteiger charge is -2.18. The van der Waals surface area contributed by atoms with E-state index in [9.17, 15) is 13.2 Å². The van der Waals surface area contributed by atoms with Gasteiger partial charge in [0.05, 0.1) is 27.3 Å². The SMILES string of the molecule is CN(c1ccccc1)S(=O)(=O)c1csc(C(=O)Nc2cccnc2)c1. The number of benzene rings is 1. The van der Waals surface area contributed by atoms with Gasteiger partial charge in [0.1, 0.15) is 0 Å². The zero-order valence-electron chi connectivity index (χ0n) is 13.3. The standard InChI is InChI=1S/C17H15N3O3S2/c1-20(14-7-3-2-4-8-14)25(22,23)15-10-16(24-12-15)17(21)19-13-6-5-9-18-11-13/h2-12H,1H3,(H,19,21). The second-order valence-corrected chi connectivity index (χ2v) is 8.03. The molecule has 8 heteroatoms. The third-order valence-electron chi connectivity index (χ3n) is 3.50. The number of amides is 1. The van der Waals surface area contributed by atoms with Gasteiger partial charge in [0.15, 0.2) is 0 Å². The Morgan fingerprint density at radius 3 is 2.60 bits per heavy atom. The minimum absolute atomic E-state index is 0.0835. The highest BCUT2D eigenvalue weighted by Gasteiger charge is 2.24. The van der Waals surface area contributed by atoms with Crippen molar-refractivity contribution in [2.24, 2.45) is 0 Å². The normalized spacial score (nSPS) is 11.1. The number of carbonyl (C=O) groups is 1. The lowest BCUT2D eigenvalue weighted by Crippen LogP contribution is -2.26. The van der Waals surface area contributed by atoms with Gasteiger partial charge >= 0.3 is 0 Å². The van der Waals surface area contributed by atoms with Crippen molar-refractivity contribution >= 4 is 38.6 Å². The first-order valence-electron chi connectivity index (χ1n) is 7.32. The number of sulfonamides is 1. The predicted octanol–water partition coefficient (Wildman–Crippen LogP) is 3.22. The number of carbonyl (C=O) groups excluding carboxylic acids is 1. The van der Waals surface area contributed by atoms with E-state index in [2.05, 4.69) is 10.3 Å². The van der Waals surface area contributed by atoms with Crippen molar-refractivity contribution in [3.63, 3.8) is 0 Å².